The Morgan fingerprint density at radius 2 is 1.91 bits per heavy atom. The summed E-state index contributed by atoms with van der Waals surface area (Å²) in [7, 11) is 0. The predicted octanol–water partition coefficient (Wildman–Crippen LogP) is 3.57. The Morgan fingerprint density at radius 1 is 1.18 bits per heavy atom. The molecule has 9 heteroatoms. The van der Waals surface area contributed by atoms with Crippen LogP contribution in [0.1, 0.15) is 43.2 Å². The van der Waals surface area contributed by atoms with Gasteiger partial charge in [0.1, 0.15) is 0 Å². The van der Waals surface area contributed by atoms with Gasteiger partial charge < -0.3 is 15.3 Å². The number of rotatable bonds is 6. The molecule has 1 aromatic carbocycles. The fourth-order valence-electron chi connectivity index (χ4n) is 6.06. The lowest BCUT2D eigenvalue weighted by molar-refractivity contribution is -0.162. The quantitative estimate of drug-likeness (QED) is 0.631. The molecule has 4 fully saturated rings. The number of carboxylic acids is 1. The molecule has 1 saturated heterocycles. The van der Waals surface area contributed by atoms with E-state index in [4.69, 9.17) is 0 Å². The number of hydrogen-bond donors (Lipinski definition) is 2. The summed E-state index contributed by atoms with van der Waals surface area (Å²) in [5.74, 6) is -1.31. The van der Waals surface area contributed by atoms with E-state index in [9.17, 15) is 32.7 Å². The smallest absolute Gasteiger partial charge is 0.416 e. The van der Waals surface area contributed by atoms with Crippen LogP contribution in [0.15, 0.2) is 30.3 Å². The summed E-state index contributed by atoms with van der Waals surface area (Å²) in [6.45, 7) is 0.928. The van der Waals surface area contributed by atoms with Crippen molar-refractivity contribution in [1.29, 1.82) is 0 Å². The van der Waals surface area contributed by atoms with Gasteiger partial charge >= 0.3 is 12.1 Å². The second-order valence-corrected chi connectivity index (χ2v) is 9.40. The van der Waals surface area contributed by atoms with Crippen molar-refractivity contribution in [2.75, 3.05) is 19.6 Å². The maximum Gasteiger partial charge on any atom is 0.416 e. The van der Waals surface area contributed by atoms with E-state index in [1.165, 1.54) is 24.3 Å². The van der Waals surface area contributed by atoms with E-state index in [0.29, 0.717) is 18.7 Å². The van der Waals surface area contributed by atoms with Crippen LogP contribution in [0.5, 0.6) is 0 Å². The van der Waals surface area contributed by atoms with Crippen molar-refractivity contribution < 1.29 is 32.7 Å². The van der Waals surface area contributed by atoms with E-state index in [1.54, 1.807) is 4.90 Å². The summed E-state index contributed by atoms with van der Waals surface area (Å²) in [6.07, 6.45) is 2.67. The highest BCUT2D eigenvalue weighted by molar-refractivity contribution is 5.94. The zero-order valence-corrected chi connectivity index (χ0v) is 18.1. The number of amides is 2. The van der Waals surface area contributed by atoms with E-state index in [2.05, 4.69) is 5.32 Å². The van der Waals surface area contributed by atoms with Crippen molar-refractivity contribution in [2.45, 2.75) is 38.3 Å². The molecule has 2 amide bonds. The van der Waals surface area contributed by atoms with Gasteiger partial charge in [-0.3, -0.25) is 14.4 Å². The van der Waals surface area contributed by atoms with Gasteiger partial charge in [0.25, 0.3) is 0 Å². The first-order valence-corrected chi connectivity index (χ1v) is 11.2. The van der Waals surface area contributed by atoms with Crippen molar-refractivity contribution >= 4 is 23.9 Å². The Bertz CT molecular complexity index is 955. The molecule has 4 atom stereocenters. The van der Waals surface area contributed by atoms with Crippen LogP contribution >= 0.6 is 0 Å². The van der Waals surface area contributed by atoms with Crippen LogP contribution in [0.3, 0.4) is 0 Å². The Morgan fingerprint density at radius 3 is 2.55 bits per heavy atom. The standard InChI is InChI=1S/C24H27F3N2O4/c25-24(26,27)17-6-3-15(4-7-17)5-8-19(30)28-13-20(31)29-11-1-2-18(14-29)23-10-9-16(12-23)21(23)22(32)33/h3-8,16,18,21H,1-2,9-14H2,(H,28,30)(H,32,33)/b8-5+. The van der Waals surface area contributed by atoms with Gasteiger partial charge in [0.05, 0.1) is 18.0 Å². The molecule has 4 aliphatic rings. The molecule has 178 valence electrons. The van der Waals surface area contributed by atoms with Gasteiger partial charge in [-0.2, -0.15) is 13.2 Å². The number of carbonyl (C=O) groups excluding carboxylic acids is 2. The van der Waals surface area contributed by atoms with Crippen LogP contribution in [0, 0.1) is 23.2 Å². The number of benzene rings is 1. The molecule has 5 rings (SSSR count). The van der Waals surface area contributed by atoms with Gasteiger partial charge in [0, 0.05) is 19.2 Å². The van der Waals surface area contributed by atoms with Crippen LogP contribution < -0.4 is 5.32 Å². The molecular weight excluding hydrogens is 437 g/mol. The van der Waals surface area contributed by atoms with Crippen molar-refractivity contribution in [1.82, 2.24) is 10.2 Å². The summed E-state index contributed by atoms with van der Waals surface area (Å²) >= 11 is 0. The van der Waals surface area contributed by atoms with E-state index in [0.717, 1.165) is 44.2 Å². The Balaban J connectivity index is 1.27. The first-order chi connectivity index (χ1) is 15.6. The number of hydrogen-bond acceptors (Lipinski definition) is 3. The minimum absolute atomic E-state index is 0.172. The third-order valence-electron chi connectivity index (χ3n) is 7.65. The van der Waals surface area contributed by atoms with Crippen molar-refractivity contribution in [2.24, 2.45) is 23.2 Å². The van der Waals surface area contributed by atoms with E-state index >= 15 is 0 Å². The van der Waals surface area contributed by atoms with Crippen LogP contribution in [0.2, 0.25) is 0 Å². The molecule has 2 N–H and O–H groups in total. The summed E-state index contributed by atoms with van der Waals surface area (Å²) in [4.78, 5) is 38.2. The SMILES string of the molecule is O=C(/C=C/c1ccc(C(F)(F)F)cc1)NCC(=O)N1CCCC(C23CCC(C2)C3C(=O)O)C1. The van der Waals surface area contributed by atoms with Gasteiger partial charge in [-0.15, -0.1) is 0 Å². The summed E-state index contributed by atoms with van der Waals surface area (Å²) in [5.41, 5.74) is -0.520. The highest BCUT2D eigenvalue weighted by Crippen LogP contribution is 2.67. The highest BCUT2D eigenvalue weighted by Gasteiger charge is 2.65. The number of alkyl halides is 3. The van der Waals surface area contributed by atoms with Gasteiger partial charge in [-0.25, -0.2) is 0 Å². The third kappa shape index (κ3) is 4.63. The molecule has 0 aromatic heterocycles. The number of carboxylic acid groups (broad SMARTS) is 1. The first-order valence-electron chi connectivity index (χ1n) is 11.2. The third-order valence-corrected chi connectivity index (χ3v) is 7.65. The van der Waals surface area contributed by atoms with Crippen molar-refractivity contribution in [3.63, 3.8) is 0 Å². The van der Waals surface area contributed by atoms with Crippen LogP contribution in [-0.4, -0.2) is 47.4 Å². The maximum atomic E-state index is 12.7. The second kappa shape index (κ2) is 8.83. The molecular formula is C24H27F3N2O4. The minimum Gasteiger partial charge on any atom is -0.481 e. The number of nitrogens with zero attached hydrogens (tertiary/aromatic N) is 1. The van der Waals surface area contributed by atoms with Crippen LogP contribution in [-0.2, 0) is 20.6 Å². The fourth-order valence-corrected chi connectivity index (χ4v) is 6.06. The predicted molar refractivity (Wildman–Crippen MR) is 114 cm³/mol. The van der Waals surface area contributed by atoms with Gasteiger partial charge in [-0.05, 0) is 73.1 Å². The number of aliphatic carboxylic acids is 1. The second-order valence-electron chi connectivity index (χ2n) is 9.40. The number of piperidine rings is 1. The molecule has 3 aliphatic carbocycles. The molecule has 6 nitrogen and oxygen atoms in total. The summed E-state index contributed by atoms with van der Waals surface area (Å²) in [5, 5.41) is 12.2. The van der Waals surface area contributed by atoms with Crippen LogP contribution in [0.25, 0.3) is 6.08 Å². The normalized spacial score (nSPS) is 29.1. The van der Waals surface area contributed by atoms with E-state index in [-0.39, 0.29) is 35.6 Å². The molecule has 0 radical (unpaired) electrons. The summed E-state index contributed by atoms with van der Waals surface area (Å²) in [6, 6.07) is 4.42. The number of halogens is 3. The number of nitrogens with one attached hydrogen (secondary N) is 1. The fraction of sp³-hybridized carbons (Fsp3) is 0.542. The first kappa shape index (κ1) is 23.3. The van der Waals surface area contributed by atoms with E-state index in [1.807, 2.05) is 0 Å². The van der Waals surface area contributed by atoms with Crippen molar-refractivity contribution in [3.8, 4) is 0 Å². The Hall–Kier alpha value is -2.84. The molecule has 33 heavy (non-hydrogen) atoms. The Labute approximate surface area is 189 Å². The molecule has 1 heterocycles. The average Bonchev–Trinajstić information content (AvgIpc) is 3.37. The monoisotopic (exact) mass is 464 g/mol. The lowest BCUT2D eigenvalue weighted by Crippen LogP contribution is -2.55. The molecule has 1 aliphatic heterocycles. The molecule has 2 bridgehead atoms. The van der Waals surface area contributed by atoms with E-state index < -0.39 is 23.6 Å². The topological polar surface area (TPSA) is 86.7 Å². The summed E-state index contributed by atoms with van der Waals surface area (Å²) < 4.78 is 37.8. The zero-order chi connectivity index (χ0) is 23.8. The minimum atomic E-state index is -4.42. The average molecular weight is 464 g/mol. The number of carbonyl (C=O) groups is 3. The largest absolute Gasteiger partial charge is 0.481 e. The lowest BCUT2D eigenvalue weighted by Gasteiger charge is -2.52. The zero-order valence-electron chi connectivity index (χ0n) is 18.1. The number of fused-ring (bicyclic) bond motifs is 1. The van der Waals surface area contributed by atoms with Crippen molar-refractivity contribution in [3.05, 3.63) is 41.5 Å². The lowest BCUT2D eigenvalue weighted by atomic mass is 9.53. The molecule has 3 saturated carbocycles. The van der Waals surface area contributed by atoms with Gasteiger partial charge in [0.2, 0.25) is 11.8 Å². The number of likely N-dealkylation sites (tertiary alicyclic amines) is 1. The van der Waals surface area contributed by atoms with Gasteiger partial charge in [-0.1, -0.05) is 12.1 Å². The van der Waals surface area contributed by atoms with Gasteiger partial charge in [0.15, 0.2) is 0 Å². The van der Waals surface area contributed by atoms with Crippen LogP contribution in [0.4, 0.5) is 13.2 Å². The maximum absolute atomic E-state index is 12.7. The molecule has 0 spiro atoms. The molecule has 4 unspecified atom stereocenters. The highest BCUT2D eigenvalue weighted by atomic mass is 19.4. The Kier molecular flexibility index (Phi) is 6.24. The molecule has 1 aromatic rings.